The third-order valence-electron chi connectivity index (χ3n) is 7.19. The molecule has 2 aliphatic rings. The Labute approximate surface area is 247 Å². The summed E-state index contributed by atoms with van der Waals surface area (Å²) in [5.41, 5.74) is 6.32. The van der Waals surface area contributed by atoms with Crippen LogP contribution in [0, 0.1) is 0 Å². The van der Waals surface area contributed by atoms with E-state index in [9.17, 15) is 26.4 Å². The molecule has 4 rings (SSSR count). The average Bonchev–Trinajstić information content (AvgIpc) is 3.20. The molecule has 1 spiro atoms. The second-order valence-corrected chi connectivity index (χ2v) is 14.8. The number of hydrogen-bond donors (Lipinski definition) is 5. The van der Waals surface area contributed by atoms with E-state index in [1.165, 1.54) is 6.26 Å². The smallest absolute Gasteiger partial charge is 0.261 e. The van der Waals surface area contributed by atoms with Gasteiger partial charge in [-0.3, -0.25) is 14.1 Å². The van der Waals surface area contributed by atoms with Crippen molar-refractivity contribution in [2.45, 2.75) is 61.2 Å². The first-order valence-corrected chi connectivity index (χ1v) is 17.2. The van der Waals surface area contributed by atoms with E-state index in [4.69, 9.17) is 15.0 Å². The van der Waals surface area contributed by atoms with Gasteiger partial charge in [-0.2, -0.15) is 8.42 Å². The molecular formula is C28H40N4O8S2. The maximum atomic E-state index is 14.2. The molecule has 1 fully saturated rings. The van der Waals surface area contributed by atoms with Crippen molar-refractivity contribution in [2.24, 2.45) is 5.73 Å². The highest BCUT2D eigenvalue weighted by molar-refractivity contribution is 7.90. The van der Waals surface area contributed by atoms with Crippen LogP contribution in [0.25, 0.3) is 0 Å². The first-order chi connectivity index (χ1) is 19.4. The summed E-state index contributed by atoms with van der Waals surface area (Å²) in [5, 5.41) is 9.45. The van der Waals surface area contributed by atoms with Crippen molar-refractivity contribution in [2.75, 3.05) is 37.5 Å². The molecule has 2 aliphatic heterocycles. The molecular weight excluding hydrogens is 584 g/mol. The first-order valence-electron chi connectivity index (χ1n) is 13.4. The van der Waals surface area contributed by atoms with Crippen LogP contribution in [0.1, 0.15) is 37.8 Å². The quantitative estimate of drug-likeness (QED) is 0.250. The minimum Gasteiger partial charge on any atom is -0.374 e. The third-order valence-corrected chi connectivity index (χ3v) is 8.33. The van der Waals surface area contributed by atoms with Gasteiger partial charge in [-0.1, -0.05) is 36.4 Å². The van der Waals surface area contributed by atoms with Gasteiger partial charge >= 0.3 is 0 Å². The fourth-order valence-electron chi connectivity index (χ4n) is 5.28. The van der Waals surface area contributed by atoms with Gasteiger partial charge in [-0.15, -0.1) is 0 Å². The summed E-state index contributed by atoms with van der Waals surface area (Å²) in [6.07, 6.45) is 3.05. The third kappa shape index (κ3) is 8.58. The Morgan fingerprint density at radius 2 is 1.67 bits per heavy atom. The van der Waals surface area contributed by atoms with Gasteiger partial charge in [0.2, 0.25) is 5.91 Å². The highest BCUT2D eigenvalue weighted by Crippen LogP contribution is 2.50. The molecule has 1 saturated heterocycles. The zero-order valence-corrected chi connectivity index (χ0v) is 25.8. The van der Waals surface area contributed by atoms with E-state index in [0.29, 0.717) is 43.4 Å². The number of ketones is 1. The highest BCUT2D eigenvalue weighted by Gasteiger charge is 2.54. The van der Waals surface area contributed by atoms with E-state index < -0.39 is 48.9 Å². The normalized spacial score (nSPS) is 18.7. The second kappa shape index (κ2) is 13.2. The number of rotatable bonds is 9. The lowest BCUT2D eigenvalue weighted by Crippen LogP contribution is -2.60. The number of fused-ring (bicyclic) bond motifs is 2. The van der Waals surface area contributed by atoms with Crippen LogP contribution < -0.4 is 21.7 Å². The standard InChI is InChI=1S/C27H36N4O5S.CH4O3S/c1-26(2,28)25(33)31-20(17-36-16-18-8-5-4-6-9-18)23(32)24-27(12-14-29-15-13-27)22-19(30-24)10-7-11-21(22)37(3,34)35;1-5(2,3)4/h4-11,20,24,29-30H,12-17,28H2,1-3H3,(H,31,33);1H3,(H,2,3,4)/t20?,24-;/m0./s1. The first kappa shape index (κ1) is 33.6. The molecule has 2 atom stereocenters. The van der Waals surface area contributed by atoms with Gasteiger partial charge in [0.05, 0.1) is 35.9 Å². The molecule has 6 N–H and O–H groups in total. The molecule has 232 valence electrons. The van der Waals surface area contributed by atoms with Gasteiger partial charge < -0.3 is 26.4 Å². The molecule has 2 heterocycles. The zero-order valence-electron chi connectivity index (χ0n) is 24.2. The number of ether oxygens (including phenoxy) is 1. The van der Waals surface area contributed by atoms with Crippen LogP contribution in [0.2, 0.25) is 0 Å². The van der Waals surface area contributed by atoms with E-state index in [-0.39, 0.29) is 23.9 Å². The Balaban J connectivity index is 0.000000892. The molecule has 0 saturated carbocycles. The Morgan fingerprint density at radius 3 is 2.21 bits per heavy atom. The van der Waals surface area contributed by atoms with Gasteiger partial charge in [-0.25, -0.2) is 8.42 Å². The van der Waals surface area contributed by atoms with Crippen LogP contribution >= 0.6 is 0 Å². The van der Waals surface area contributed by atoms with Crippen molar-refractivity contribution < 1.29 is 35.7 Å². The molecule has 42 heavy (non-hydrogen) atoms. The molecule has 0 bridgehead atoms. The van der Waals surface area contributed by atoms with Crippen LogP contribution in [0.5, 0.6) is 0 Å². The number of Topliss-reactive ketones (excluding diaryl/α,β-unsaturated/α-hetero) is 1. The largest absolute Gasteiger partial charge is 0.374 e. The monoisotopic (exact) mass is 624 g/mol. The summed E-state index contributed by atoms with van der Waals surface area (Å²) >= 11 is 0. The molecule has 0 radical (unpaired) electrons. The molecule has 0 aliphatic carbocycles. The van der Waals surface area contributed by atoms with Crippen molar-refractivity contribution in [1.82, 2.24) is 10.6 Å². The fraction of sp³-hybridized carbons (Fsp3) is 0.500. The number of anilines is 1. The van der Waals surface area contributed by atoms with Crippen LogP contribution in [-0.2, 0) is 46.3 Å². The number of piperidine rings is 1. The van der Waals surface area contributed by atoms with E-state index in [1.807, 2.05) is 36.4 Å². The Bertz CT molecular complexity index is 1480. The summed E-state index contributed by atoms with van der Waals surface area (Å²) in [7, 11) is -7.21. The molecule has 1 unspecified atom stereocenters. The Morgan fingerprint density at radius 1 is 1.07 bits per heavy atom. The van der Waals surface area contributed by atoms with Crippen molar-refractivity contribution >= 4 is 37.3 Å². The van der Waals surface area contributed by atoms with Gasteiger partial charge in [0.1, 0.15) is 6.04 Å². The molecule has 1 amide bonds. The number of nitrogens with one attached hydrogen (secondary N) is 3. The average molecular weight is 625 g/mol. The van der Waals surface area contributed by atoms with Crippen molar-refractivity contribution in [1.29, 1.82) is 0 Å². The highest BCUT2D eigenvalue weighted by atomic mass is 32.2. The van der Waals surface area contributed by atoms with Gasteiger partial charge in [-0.05, 0) is 57.5 Å². The number of hydrogen-bond acceptors (Lipinski definition) is 10. The molecule has 14 heteroatoms. The second-order valence-electron chi connectivity index (χ2n) is 11.3. The maximum absolute atomic E-state index is 14.2. The van der Waals surface area contributed by atoms with Crippen LogP contribution in [0.4, 0.5) is 5.69 Å². The minimum absolute atomic E-state index is 0.0443. The van der Waals surface area contributed by atoms with E-state index in [1.54, 1.807) is 26.0 Å². The van der Waals surface area contributed by atoms with Crippen molar-refractivity contribution in [3.05, 3.63) is 59.7 Å². The lowest BCUT2D eigenvalue weighted by Gasteiger charge is -2.40. The predicted octanol–water partition coefficient (Wildman–Crippen LogP) is 1.02. The van der Waals surface area contributed by atoms with Crippen molar-refractivity contribution in [3.63, 3.8) is 0 Å². The Kier molecular flexibility index (Phi) is 10.6. The summed E-state index contributed by atoms with van der Waals surface area (Å²) in [5.74, 6) is -0.732. The number of carbonyl (C=O) groups excluding carboxylic acids is 2. The predicted molar refractivity (Wildman–Crippen MR) is 160 cm³/mol. The molecule has 0 aromatic heterocycles. The van der Waals surface area contributed by atoms with Crippen LogP contribution in [0.15, 0.2) is 53.4 Å². The van der Waals surface area contributed by atoms with Gasteiger partial charge in [0.25, 0.3) is 10.1 Å². The number of sulfone groups is 1. The lowest BCUT2D eigenvalue weighted by atomic mass is 9.68. The Hall–Kier alpha value is -2.88. The summed E-state index contributed by atoms with van der Waals surface area (Å²) in [4.78, 5) is 27.3. The van der Waals surface area contributed by atoms with E-state index in [2.05, 4.69) is 16.0 Å². The molecule has 2 aromatic carbocycles. The molecule has 2 aromatic rings. The SMILES string of the molecule is CC(C)(N)C(=O)NC(COCc1ccccc1)C(=O)[C@@H]1Nc2cccc(S(C)(=O)=O)c2C12CCNCC2.CS(=O)(=O)O. The number of carbonyl (C=O) groups is 2. The van der Waals surface area contributed by atoms with Crippen LogP contribution in [0.3, 0.4) is 0 Å². The summed E-state index contributed by atoms with van der Waals surface area (Å²) in [6.45, 7) is 4.66. The topological polar surface area (TPSA) is 194 Å². The summed E-state index contributed by atoms with van der Waals surface area (Å²) in [6, 6.07) is 12.9. The van der Waals surface area contributed by atoms with E-state index in [0.717, 1.165) is 5.56 Å². The van der Waals surface area contributed by atoms with Gasteiger partial charge in [0, 0.05) is 22.9 Å². The number of nitrogens with two attached hydrogens (primary N) is 1. The minimum atomic E-state index is -3.67. The number of amides is 1. The number of benzene rings is 2. The van der Waals surface area contributed by atoms with Crippen molar-refractivity contribution in [3.8, 4) is 0 Å². The van der Waals surface area contributed by atoms with E-state index >= 15 is 0 Å². The zero-order chi connectivity index (χ0) is 31.3. The summed E-state index contributed by atoms with van der Waals surface area (Å²) < 4.78 is 57.2. The lowest BCUT2D eigenvalue weighted by molar-refractivity contribution is -0.133. The van der Waals surface area contributed by atoms with Crippen LogP contribution in [-0.4, -0.2) is 82.9 Å². The molecule has 12 nitrogen and oxygen atoms in total. The van der Waals surface area contributed by atoms with Gasteiger partial charge in [0.15, 0.2) is 15.6 Å². The fourth-order valence-corrected chi connectivity index (χ4v) is 6.29. The maximum Gasteiger partial charge on any atom is 0.261 e.